The Bertz CT molecular complexity index is 393. The molecular formula is C12H16N2O3. The lowest BCUT2D eigenvalue weighted by Gasteiger charge is -2.19. The van der Waals surface area contributed by atoms with E-state index < -0.39 is 0 Å². The molecule has 1 aromatic rings. The maximum Gasteiger partial charge on any atom is 0.157 e. The summed E-state index contributed by atoms with van der Waals surface area (Å²) in [7, 11) is 1.86. The summed E-state index contributed by atoms with van der Waals surface area (Å²) < 4.78 is 5.26. The normalized spacial score (nSPS) is 9.76. The zero-order valence-corrected chi connectivity index (χ0v) is 9.80. The first-order valence-corrected chi connectivity index (χ1v) is 5.22. The molecule has 0 aliphatic heterocycles. The molecule has 0 heterocycles. The fourth-order valence-electron chi connectivity index (χ4n) is 1.39. The quantitative estimate of drug-likeness (QED) is 0.567. The number of aliphatic hydroxyl groups excluding tert-OH is 1. The van der Waals surface area contributed by atoms with E-state index in [1.165, 1.54) is 0 Å². The SMILES string of the molecule is C=Nc1ccc(N(C)CCO)cc1OCC=O. The largest absolute Gasteiger partial charge is 0.484 e. The van der Waals surface area contributed by atoms with Crippen LogP contribution in [-0.4, -0.2) is 44.9 Å². The van der Waals surface area contributed by atoms with Crippen LogP contribution in [0.1, 0.15) is 0 Å². The van der Waals surface area contributed by atoms with Crippen molar-refractivity contribution in [1.82, 2.24) is 0 Å². The molecule has 0 bridgehead atoms. The molecule has 1 aromatic carbocycles. The molecule has 0 saturated carbocycles. The van der Waals surface area contributed by atoms with Gasteiger partial charge in [0.05, 0.1) is 6.61 Å². The van der Waals surface area contributed by atoms with Gasteiger partial charge in [-0.2, -0.15) is 0 Å². The second kappa shape index (κ2) is 6.65. The molecule has 0 atom stereocenters. The van der Waals surface area contributed by atoms with Gasteiger partial charge in [0.25, 0.3) is 0 Å². The van der Waals surface area contributed by atoms with Crippen molar-refractivity contribution in [2.45, 2.75) is 0 Å². The lowest BCUT2D eigenvalue weighted by Crippen LogP contribution is -2.21. The van der Waals surface area contributed by atoms with Gasteiger partial charge < -0.3 is 14.7 Å². The number of aliphatic imine (C=N–C) groups is 1. The van der Waals surface area contributed by atoms with Gasteiger partial charge in [-0.05, 0) is 18.9 Å². The predicted octanol–water partition coefficient (Wildman–Crippen LogP) is 1.02. The molecule has 1 N–H and O–H groups in total. The molecule has 0 unspecified atom stereocenters. The first kappa shape index (κ1) is 13.2. The average molecular weight is 236 g/mol. The molecular weight excluding hydrogens is 220 g/mol. The van der Waals surface area contributed by atoms with Crippen LogP contribution in [-0.2, 0) is 4.79 Å². The van der Waals surface area contributed by atoms with Crippen LogP contribution in [0.5, 0.6) is 5.75 Å². The lowest BCUT2D eigenvalue weighted by atomic mass is 10.2. The van der Waals surface area contributed by atoms with Gasteiger partial charge in [-0.1, -0.05) is 0 Å². The summed E-state index contributed by atoms with van der Waals surface area (Å²) in [5, 5.41) is 8.86. The fourth-order valence-corrected chi connectivity index (χ4v) is 1.39. The molecule has 0 spiro atoms. The zero-order chi connectivity index (χ0) is 12.7. The van der Waals surface area contributed by atoms with Crippen LogP contribution in [0, 0.1) is 0 Å². The number of rotatable bonds is 7. The second-order valence-electron chi connectivity index (χ2n) is 3.43. The third kappa shape index (κ3) is 3.57. The highest BCUT2D eigenvalue weighted by Crippen LogP contribution is 2.31. The third-order valence-corrected chi connectivity index (χ3v) is 2.30. The Balaban J connectivity index is 2.94. The highest BCUT2D eigenvalue weighted by atomic mass is 16.5. The van der Waals surface area contributed by atoms with E-state index in [4.69, 9.17) is 9.84 Å². The third-order valence-electron chi connectivity index (χ3n) is 2.30. The molecule has 0 aromatic heterocycles. The smallest absolute Gasteiger partial charge is 0.157 e. The van der Waals surface area contributed by atoms with E-state index in [-0.39, 0.29) is 13.2 Å². The average Bonchev–Trinajstić information content (AvgIpc) is 2.36. The summed E-state index contributed by atoms with van der Waals surface area (Å²) >= 11 is 0. The summed E-state index contributed by atoms with van der Waals surface area (Å²) in [5.74, 6) is 0.509. The summed E-state index contributed by atoms with van der Waals surface area (Å²) in [6.45, 7) is 4.01. The number of carbonyl (C=O) groups is 1. The molecule has 0 amide bonds. The van der Waals surface area contributed by atoms with Gasteiger partial charge >= 0.3 is 0 Å². The molecule has 0 radical (unpaired) electrons. The Morgan fingerprint density at radius 1 is 1.59 bits per heavy atom. The number of aldehydes is 1. The summed E-state index contributed by atoms with van der Waals surface area (Å²) in [6, 6.07) is 5.38. The second-order valence-corrected chi connectivity index (χ2v) is 3.43. The minimum Gasteiger partial charge on any atom is -0.484 e. The first-order chi connectivity index (χ1) is 8.22. The van der Waals surface area contributed by atoms with Crippen LogP contribution in [0.4, 0.5) is 11.4 Å². The van der Waals surface area contributed by atoms with Crippen LogP contribution in [0.25, 0.3) is 0 Å². The van der Waals surface area contributed by atoms with E-state index in [1.54, 1.807) is 12.1 Å². The predicted molar refractivity (Wildman–Crippen MR) is 67.6 cm³/mol. The van der Waals surface area contributed by atoms with Crippen molar-refractivity contribution >= 4 is 24.4 Å². The van der Waals surface area contributed by atoms with E-state index in [0.29, 0.717) is 24.3 Å². The molecule has 5 heteroatoms. The molecule has 1 rings (SSSR count). The zero-order valence-electron chi connectivity index (χ0n) is 9.80. The monoisotopic (exact) mass is 236 g/mol. The molecule has 0 aliphatic rings. The van der Waals surface area contributed by atoms with E-state index in [9.17, 15) is 4.79 Å². The minimum atomic E-state index is -0.0182. The Morgan fingerprint density at radius 3 is 2.94 bits per heavy atom. The number of anilines is 1. The van der Waals surface area contributed by atoms with E-state index in [1.807, 2.05) is 18.0 Å². The Hall–Kier alpha value is -1.88. The van der Waals surface area contributed by atoms with Crippen LogP contribution < -0.4 is 9.64 Å². The highest BCUT2D eigenvalue weighted by molar-refractivity contribution is 5.64. The number of benzene rings is 1. The lowest BCUT2D eigenvalue weighted by molar-refractivity contribution is -0.109. The van der Waals surface area contributed by atoms with Crippen LogP contribution in [0.2, 0.25) is 0 Å². The van der Waals surface area contributed by atoms with Gasteiger partial charge in [-0.25, -0.2) is 0 Å². The van der Waals surface area contributed by atoms with Gasteiger partial charge in [-0.3, -0.25) is 9.79 Å². The molecule has 0 saturated heterocycles. The van der Waals surface area contributed by atoms with Crippen LogP contribution >= 0.6 is 0 Å². The minimum absolute atomic E-state index is 0.0182. The van der Waals surface area contributed by atoms with Gasteiger partial charge in [0.15, 0.2) is 6.29 Å². The van der Waals surface area contributed by atoms with E-state index >= 15 is 0 Å². The van der Waals surface area contributed by atoms with Gasteiger partial charge in [0.2, 0.25) is 0 Å². The molecule has 0 aliphatic carbocycles. The van der Waals surface area contributed by atoms with Crippen molar-refractivity contribution < 1.29 is 14.6 Å². The molecule has 17 heavy (non-hydrogen) atoms. The van der Waals surface area contributed by atoms with Crippen molar-refractivity contribution in [1.29, 1.82) is 0 Å². The number of likely N-dealkylation sites (N-methyl/N-ethyl adjacent to an activating group) is 1. The van der Waals surface area contributed by atoms with Gasteiger partial charge in [0, 0.05) is 25.3 Å². The maximum atomic E-state index is 10.3. The maximum absolute atomic E-state index is 10.3. The number of aliphatic hydroxyl groups is 1. The van der Waals surface area contributed by atoms with E-state index in [0.717, 1.165) is 5.69 Å². The number of nitrogens with zero attached hydrogens (tertiary/aromatic N) is 2. The van der Waals surface area contributed by atoms with Gasteiger partial charge in [0.1, 0.15) is 18.0 Å². The Labute approximate surface area is 100 Å². The fraction of sp³-hybridized carbons (Fsp3) is 0.333. The van der Waals surface area contributed by atoms with Crippen LogP contribution in [0.3, 0.4) is 0 Å². The summed E-state index contributed by atoms with van der Waals surface area (Å²) in [6.07, 6.45) is 0.678. The first-order valence-electron chi connectivity index (χ1n) is 5.22. The van der Waals surface area contributed by atoms with E-state index in [2.05, 4.69) is 11.7 Å². The summed E-state index contributed by atoms with van der Waals surface area (Å²) in [4.78, 5) is 16.0. The van der Waals surface area contributed by atoms with Crippen molar-refractivity contribution in [3.63, 3.8) is 0 Å². The van der Waals surface area contributed by atoms with Gasteiger partial charge in [-0.15, -0.1) is 0 Å². The molecule has 0 fully saturated rings. The Kier molecular flexibility index (Phi) is 5.16. The standard InChI is InChI=1S/C12H16N2O3/c1-13-11-4-3-10(14(2)5-6-15)9-12(11)17-8-7-16/h3-4,7,9,15H,1,5-6,8H2,2H3. The van der Waals surface area contributed by atoms with Crippen molar-refractivity contribution in [2.75, 3.05) is 31.7 Å². The number of hydrogen-bond donors (Lipinski definition) is 1. The molecule has 5 nitrogen and oxygen atoms in total. The summed E-state index contributed by atoms with van der Waals surface area (Å²) in [5.41, 5.74) is 1.47. The van der Waals surface area contributed by atoms with Crippen LogP contribution in [0.15, 0.2) is 23.2 Å². The van der Waals surface area contributed by atoms with Crippen molar-refractivity contribution in [2.24, 2.45) is 4.99 Å². The topological polar surface area (TPSA) is 62.1 Å². The molecule has 92 valence electrons. The number of hydrogen-bond acceptors (Lipinski definition) is 5. The number of carbonyl (C=O) groups excluding carboxylic acids is 1. The Morgan fingerprint density at radius 2 is 2.35 bits per heavy atom. The highest BCUT2D eigenvalue weighted by Gasteiger charge is 2.06. The number of ether oxygens (including phenoxy) is 1. The van der Waals surface area contributed by atoms with Crippen molar-refractivity contribution in [3.05, 3.63) is 18.2 Å². The van der Waals surface area contributed by atoms with Crippen molar-refractivity contribution in [3.8, 4) is 5.75 Å².